The summed E-state index contributed by atoms with van der Waals surface area (Å²) in [7, 11) is 0. The van der Waals surface area contributed by atoms with Crippen LogP contribution in [0.2, 0.25) is 0 Å². The molecule has 4 aromatic carbocycles. The minimum Gasteiger partial charge on any atom is -0.0622 e. The maximum Gasteiger partial charge on any atom is -0.00141 e. The van der Waals surface area contributed by atoms with Crippen LogP contribution in [-0.2, 0) is 0 Å². The van der Waals surface area contributed by atoms with Gasteiger partial charge in [0.25, 0.3) is 0 Å². The second-order valence-electron chi connectivity index (χ2n) is 4.99. The van der Waals surface area contributed by atoms with Gasteiger partial charge in [-0.1, -0.05) is 78.9 Å². The van der Waals surface area contributed by atoms with Crippen LogP contribution in [0.15, 0.2) is 78.9 Å². The van der Waals surface area contributed by atoms with Crippen LogP contribution in [0.4, 0.5) is 0 Å². The number of hydrogen-bond acceptors (Lipinski definition) is 0. The molecular weight excluding hydrogens is 240 g/mol. The Morgan fingerprint density at radius 2 is 1.35 bits per heavy atom. The van der Waals surface area contributed by atoms with Crippen molar-refractivity contribution >= 4 is 21.5 Å². The van der Waals surface area contributed by atoms with E-state index in [1.54, 1.807) is 0 Å². The van der Waals surface area contributed by atoms with E-state index in [4.69, 9.17) is 0 Å². The van der Waals surface area contributed by atoms with Crippen molar-refractivity contribution in [3.63, 3.8) is 0 Å². The van der Waals surface area contributed by atoms with Crippen LogP contribution in [0.25, 0.3) is 32.7 Å². The summed E-state index contributed by atoms with van der Waals surface area (Å²) in [6, 6.07) is 31.1. The van der Waals surface area contributed by atoms with Crippen molar-refractivity contribution in [2.24, 2.45) is 0 Å². The Morgan fingerprint density at radius 1 is 0.550 bits per heavy atom. The zero-order valence-electron chi connectivity index (χ0n) is 11.0. The smallest absolute Gasteiger partial charge is 0.00141 e. The molecule has 0 aliphatic heterocycles. The molecule has 0 bridgehead atoms. The lowest BCUT2D eigenvalue weighted by Crippen LogP contribution is -1.81. The van der Waals surface area contributed by atoms with Crippen LogP contribution in [0.5, 0.6) is 0 Å². The van der Waals surface area contributed by atoms with E-state index < -0.39 is 0 Å². The lowest BCUT2D eigenvalue weighted by atomic mass is 9.97. The molecule has 0 fully saturated rings. The van der Waals surface area contributed by atoms with Crippen molar-refractivity contribution in [1.82, 2.24) is 0 Å². The summed E-state index contributed by atoms with van der Waals surface area (Å²) in [6.45, 7) is 0. The Hall–Kier alpha value is -2.60. The molecule has 0 unspecified atom stereocenters. The molecule has 0 aliphatic carbocycles. The highest BCUT2D eigenvalue weighted by atomic mass is 14.1. The van der Waals surface area contributed by atoms with Crippen molar-refractivity contribution in [3.05, 3.63) is 84.9 Å². The van der Waals surface area contributed by atoms with Crippen molar-refractivity contribution in [2.45, 2.75) is 0 Å². The minimum atomic E-state index is 1.15. The molecule has 0 saturated heterocycles. The predicted molar refractivity (Wildman–Crippen MR) is 85.7 cm³/mol. The average Bonchev–Trinajstić information content (AvgIpc) is 2.55. The molecule has 93 valence electrons. The number of rotatable bonds is 1. The number of hydrogen-bond donors (Lipinski definition) is 0. The molecule has 0 heterocycles. The van der Waals surface area contributed by atoms with Crippen LogP contribution in [-0.4, -0.2) is 0 Å². The second-order valence-corrected chi connectivity index (χ2v) is 4.99. The summed E-state index contributed by atoms with van der Waals surface area (Å²) in [5.74, 6) is 0. The molecule has 0 heteroatoms. The molecule has 0 saturated carbocycles. The molecular formula is C20H13. The molecule has 1 radical (unpaired) electrons. The van der Waals surface area contributed by atoms with E-state index in [0.717, 1.165) is 5.56 Å². The summed E-state index contributed by atoms with van der Waals surface area (Å²) in [5, 5.41) is 5.01. The van der Waals surface area contributed by atoms with Gasteiger partial charge in [0.1, 0.15) is 0 Å². The topological polar surface area (TPSA) is 0 Å². The SMILES string of the molecule is [c]1c(-c2ccccc2)ccc2c1ccc1ccccc12. The standard InChI is InChI=1S/C20H13/c1-2-6-15(7-3-1)17-12-13-20-18(14-17)11-10-16-8-4-5-9-19(16)20/h1-13H. The molecule has 0 aliphatic rings. The van der Waals surface area contributed by atoms with Crippen molar-refractivity contribution in [3.8, 4) is 11.1 Å². The van der Waals surface area contributed by atoms with Crippen molar-refractivity contribution < 1.29 is 0 Å². The molecule has 0 atom stereocenters. The third-order valence-corrected chi connectivity index (χ3v) is 3.74. The molecule has 4 aromatic rings. The quantitative estimate of drug-likeness (QED) is 0.395. The molecule has 4 rings (SSSR count). The Labute approximate surface area is 118 Å². The molecule has 0 nitrogen and oxygen atoms in total. The molecule has 0 N–H and O–H groups in total. The van der Waals surface area contributed by atoms with Gasteiger partial charge in [0.2, 0.25) is 0 Å². The highest BCUT2D eigenvalue weighted by molar-refractivity contribution is 6.08. The lowest BCUT2D eigenvalue weighted by Gasteiger charge is -2.06. The fourth-order valence-corrected chi connectivity index (χ4v) is 2.72. The zero-order chi connectivity index (χ0) is 13.4. The molecule has 0 aromatic heterocycles. The van der Waals surface area contributed by atoms with Gasteiger partial charge in [-0.3, -0.25) is 0 Å². The van der Waals surface area contributed by atoms with Crippen LogP contribution < -0.4 is 0 Å². The fraction of sp³-hybridized carbons (Fsp3) is 0. The molecule has 0 amide bonds. The highest BCUT2D eigenvalue weighted by Gasteiger charge is 2.03. The Morgan fingerprint density at radius 3 is 2.25 bits per heavy atom. The van der Waals surface area contributed by atoms with E-state index in [-0.39, 0.29) is 0 Å². The van der Waals surface area contributed by atoms with Crippen molar-refractivity contribution in [2.75, 3.05) is 0 Å². The summed E-state index contributed by atoms with van der Waals surface area (Å²) in [5.41, 5.74) is 2.36. The monoisotopic (exact) mass is 253 g/mol. The normalized spacial score (nSPS) is 11.0. The second kappa shape index (κ2) is 4.50. The van der Waals surface area contributed by atoms with Gasteiger partial charge in [0, 0.05) is 0 Å². The first-order chi connectivity index (χ1) is 9.92. The van der Waals surface area contributed by atoms with Crippen LogP contribution in [0.3, 0.4) is 0 Å². The van der Waals surface area contributed by atoms with Gasteiger partial charge in [-0.15, -0.1) is 0 Å². The maximum absolute atomic E-state index is 3.54. The van der Waals surface area contributed by atoms with Crippen LogP contribution in [0.1, 0.15) is 0 Å². The molecule has 0 spiro atoms. The molecule has 20 heavy (non-hydrogen) atoms. The first kappa shape index (κ1) is 11.2. The first-order valence-electron chi connectivity index (χ1n) is 6.81. The fourth-order valence-electron chi connectivity index (χ4n) is 2.72. The van der Waals surface area contributed by atoms with E-state index in [9.17, 15) is 0 Å². The Balaban J connectivity index is 1.99. The first-order valence-corrected chi connectivity index (χ1v) is 6.81. The van der Waals surface area contributed by atoms with Gasteiger partial charge in [0.05, 0.1) is 0 Å². The van der Waals surface area contributed by atoms with Gasteiger partial charge >= 0.3 is 0 Å². The zero-order valence-corrected chi connectivity index (χ0v) is 11.0. The summed E-state index contributed by atoms with van der Waals surface area (Å²) in [4.78, 5) is 0. The van der Waals surface area contributed by atoms with Gasteiger partial charge < -0.3 is 0 Å². The van der Waals surface area contributed by atoms with E-state index in [1.807, 2.05) is 6.07 Å². The van der Waals surface area contributed by atoms with Crippen LogP contribution >= 0.6 is 0 Å². The largest absolute Gasteiger partial charge is 0.0622 e. The average molecular weight is 253 g/mol. The van der Waals surface area contributed by atoms with E-state index in [1.165, 1.54) is 27.1 Å². The van der Waals surface area contributed by atoms with Crippen LogP contribution in [0, 0.1) is 6.07 Å². The number of benzene rings is 4. The maximum atomic E-state index is 3.54. The summed E-state index contributed by atoms with van der Waals surface area (Å²) >= 11 is 0. The van der Waals surface area contributed by atoms with Gasteiger partial charge in [-0.25, -0.2) is 0 Å². The van der Waals surface area contributed by atoms with Gasteiger partial charge in [-0.05, 0) is 38.7 Å². The Bertz CT molecular complexity index is 889. The number of fused-ring (bicyclic) bond motifs is 3. The third-order valence-electron chi connectivity index (χ3n) is 3.74. The van der Waals surface area contributed by atoms with Gasteiger partial charge in [0.15, 0.2) is 0 Å². The Kier molecular flexibility index (Phi) is 2.53. The van der Waals surface area contributed by atoms with Crippen molar-refractivity contribution in [1.29, 1.82) is 0 Å². The van der Waals surface area contributed by atoms with Gasteiger partial charge in [-0.2, -0.15) is 0 Å². The van der Waals surface area contributed by atoms with E-state index in [0.29, 0.717) is 0 Å². The summed E-state index contributed by atoms with van der Waals surface area (Å²) in [6.07, 6.45) is 0. The highest BCUT2D eigenvalue weighted by Crippen LogP contribution is 2.28. The lowest BCUT2D eigenvalue weighted by molar-refractivity contribution is 1.64. The van der Waals surface area contributed by atoms with E-state index >= 15 is 0 Å². The predicted octanol–water partition coefficient (Wildman–Crippen LogP) is 5.46. The summed E-state index contributed by atoms with van der Waals surface area (Å²) < 4.78 is 0. The minimum absolute atomic E-state index is 1.15. The van der Waals surface area contributed by atoms with E-state index in [2.05, 4.69) is 78.9 Å². The third kappa shape index (κ3) is 1.78.